The summed E-state index contributed by atoms with van der Waals surface area (Å²) in [6.45, 7) is 2.02. The van der Waals surface area contributed by atoms with Crippen LogP contribution in [0.2, 0.25) is 0 Å². The lowest BCUT2D eigenvalue weighted by atomic mass is 10.0. The molecule has 2 rings (SSSR count). The first-order chi connectivity index (χ1) is 13.8. The van der Waals surface area contributed by atoms with Gasteiger partial charge >= 0.3 is 0 Å². The second kappa shape index (κ2) is 10.5. The molecular weight excluding hydrogens is 372 g/mol. The van der Waals surface area contributed by atoms with Gasteiger partial charge < -0.3 is 20.8 Å². The average molecular weight is 398 g/mol. The van der Waals surface area contributed by atoms with Crippen molar-refractivity contribution in [3.63, 3.8) is 0 Å². The molecule has 0 aromatic heterocycles. The highest BCUT2D eigenvalue weighted by Gasteiger charge is 2.27. The summed E-state index contributed by atoms with van der Waals surface area (Å²) >= 11 is 0. The average Bonchev–Trinajstić information content (AvgIpc) is 2.72. The largest absolute Gasteiger partial charge is 0.391 e. The first-order valence-electron chi connectivity index (χ1n) is 9.37. The van der Waals surface area contributed by atoms with E-state index in [-0.39, 0.29) is 12.3 Å². The molecule has 0 spiro atoms. The van der Waals surface area contributed by atoms with E-state index in [2.05, 4.69) is 10.6 Å². The molecule has 0 fully saturated rings. The molecule has 0 aliphatic rings. The number of rotatable bonds is 9. The number of hydrogen-bond acceptors (Lipinski definition) is 5. The van der Waals surface area contributed by atoms with Crippen molar-refractivity contribution >= 4 is 17.6 Å². The van der Waals surface area contributed by atoms with Crippen molar-refractivity contribution in [1.82, 2.24) is 10.6 Å². The van der Waals surface area contributed by atoms with E-state index in [1.54, 1.807) is 0 Å². The molecule has 29 heavy (non-hydrogen) atoms. The number of hydrogen-bond donors (Lipinski definition) is 4. The zero-order chi connectivity index (χ0) is 21.4. The molecule has 0 saturated carbocycles. The molecule has 0 saturated heterocycles. The van der Waals surface area contributed by atoms with Crippen molar-refractivity contribution < 1.29 is 24.6 Å². The maximum absolute atomic E-state index is 12.2. The molecule has 154 valence electrons. The number of aliphatic hydroxyl groups is 2. The molecule has 0 radical (unpaired) electrons. The third-order valence-electron chi connectivity index (χ3n) is 4.48. The summed E-state index contributed by atoms with van der Waals surface area (Å²) in [4.78, 5) is 36.0. The Balaban J connectivity index is 1.91. The molecule has 2 aromatic carbocycles. The molecule has 0 bridgehead atoms. The Kier molecular flexibility index (Phi) is 8.06. The van der Waals surface area contributed by atoms with Gasteiger partial charge in [-0.2, -0.15) is 0 Å². The van der Waals surface area contributed by atoms with Gasteiger partial charge in [-0.3, -0.25) is 14.4 Å². The summed E-state index contributed by atoms with van der Waals surface area (Å²) in [5.41, 5.74) is 2.92. The fraction of sp³-hybridized carbons (Fsp3) is 0.318. The number of benzene rings is 2. The first-order valence-corrected chi connectivity index (χ1v) is 9.37. The molecule has 2 amide bonds. The number of Topliss-reactive ketones (excluding diaryl/α,β-unsaturated/α-hetero) is 1. The third-order valence-corrected chi connectivity index (χ3v) is 4.48. The van der Waals surface area contributed by atoms with Crippen molar-refractivity contribution in [2.24, 2.45) is 0 Å². The standard InChI is InChI=1S/C22H26N2O5/c1-14(22(29)24-21(15(2)26)19(27)13-25)23-20(28)12-16-8-10-18(11-9-16)17-6-4-3-5-7-17/h3-11,14-15,21,25-26H,12-13H2,1-2H3,(H,23,28)(H,24,29)/t14-,15+,21-/m0/s1. The Morgan fingerprint density at radius 2 is 1.48 bits per heavy atom. The normalized spacial score (nSPS) is 13.8. The molecule has 0 aliphatic heterocycles. The molecule has 4 N–H and O–H groups in total. The molecule has 3 atom stereocenters. The lowest BCUT2D eigenvalue weighted by Gasteiger charge is -2.22. The monoisotopic (exact) mass is 398 g/mol. The van der Waals surface area contributed by atoms with Gasteiger partial charge in [0.05, 0.1) is 12.5 Å². The molecule has 7 heteroatoms. The Hall–Kier alpha value is -3.03. The van der Waals surface area contributed by atoms with Crippen LogP contribution in [-0.4, -0.2) is 52.6 Å². The summed E-state index contributed by atoms with van der Waals surface area (Å²) < 4.78 is 0. The number of ketones is 1. The van der Waals surface area contributed by atoms with E-state index in [9.17, 15) is 19.5 Å². The molecule has 0 unspecified atom stereocenters. The minimum absolute atomic E-state index is 0.0993. The Morgan fingerprint density at radius 3 is 2.03 bits per heavy atom. The maximum atomic E-state index is 12.2. The maximum Gasteiger partial charge on any atom is 0.242 e. The number of carbonyl (C=O) groups excluding carboxylic acids is 3. The second-order valence-corrected chi connectivity index (χ2v) is 6.88. The predicted octanol–water partition coefficient (Wildman–Crippen LogP) is 0.828. The van der Waals surface area contributed by atoms with E-state index in [4.69, 9.17) is 5.11 Å². The van der Waals surface area contributed by atoms with Crippen LogP contribution in [0, 0.1) is 0 Å². The topological polar surface area (TPSA) is 116 Å². The minimum Gasteiger partial charge on any atom is -0.391 e. The fourth-order valence-electron chi connectivity index (χ4n) is 2.84. The smallest absolute Gasteiger partial charge is 0.242 e. The van der Waals surface area contributed by atoms with E-state index in [1.807, 2.05) is 54.6 Å². The number of amides is 2. The quantitative estimate of drug-likeness (QED) is 0.499. The van der Waals surface area contributed by atoms with Crippen molar-refractivity contribution in [3.8, 4) is 11.1 Å². The minimum atomic E-state index is -1.22. The van der Waals surface area contributed by atoms with Gasteiger partial charge in [-0.1, -0.05) is 54.6 Å². The van der Waals surface area contributed by atoms with Crippen LogP contribution in [0.1, 0.15) is 19.4 Å². The van der Waals surface area contributed by atoms with Crippen LogP contribution in [0.4, 0.5) is 0 Å². The predicted molar refractivity (Wildman–Crippen MR) is 109 cm³/mol. The summed E-state index contributed by atoms with van der Waals surface area (Å²) in [7, 11) is 0. The van der Waals surface area contributed by atoms with Gasteiger partial charge in [-0.15, -0.1) is 0 Å². The Morgan fingerprint density at radius 1 is 0.897 bits per heavy atom. The zero-order valence-corrected chi connectivity index (χ0v) is 16.5. The molecule has 7 nitrogen and oxygen atoms in total. The van der Waals surface area contributed by atoms with Crippen molar-refractivity contribution in [2.45, 2.75) is 38.5 Å². The van der Waals surface area contributed by atoms with Crippen LogP contribution in [0.15, 0.2) is 54.6 Å². The van der Waals surface area contributed by atoms with Crippen molar-refractivity contribution in [2.75, 3.05) is 6.61 Å². The Bertz CT molecular complexity index is 834. The van der Waals surface area contributed by atoms with Gasteiger partial charge in [-0.05, 0) is 30.5 Å². The Labute approximate surface area is 169 Å². The lowest BCUT2D eigenvalue weighted by Crippen LogP contribution is -2.54. The number of aliphatic hydroxyl groups excluding tert-OH is 2. The van der Waals surface area contributed by atoms with Crippen LogP contribution >= 0.6 is 0 Å². The summed E-state index contributed by atoms with van der Waals surface area (Å²) in [5, 5.41) is 23.4. The number of nitrogens with one attached hydrogen (secondary N) is 2. The first kappa shape index (κ1) is 22.3. The van der Waals surface area contributed by atoms with Crippen LogP contribution < -0.4 is 10.6 Å². The molecule has 0 heterocycles. The number of carbonyl (C=O) groups is 3. The highest BCUT2D eigenvalue weighted by atomic mass is 16.3. The van der Waals surface area contributed by atoms with Crippen molar-refractivity contribution in [3.05, 3.63) is 60.2 Å². The molecule has 0 aliphatic carbocycles. The van der Waals surface area contributed by atoms with Gasteiger partial charge in [0.2, 0.25) is 11.8 Å². The second-order valence-electron chi connectivity index (χ2n) is 6.88. The summed E-state index contributed by atoms with van der Waals surface area (Å²) in [5.74, 6) is -1.67. The van der Waals surface area contributed by atoms with Crippen molar-refractivity contribution in [1.29, 1.82) is 0 Å². The van der Waals surface area contributed by atoms with Gasteiger partial charge in [0.25, 0.3) is 0 Å². The van der Waals surface area contributed by atoms with Gasteiger partial charge in [0, 0.05) is 0 Å². The van der Waals surface area contributed by atoms with Gasteiger partial charge in [-0.25, -0.2) is 0 Å². The van der Waals surface area contributed by atoms with E-state index < -0.39 is 36.5 Å². The van der Waals surface area contributed by atoms with Crippen LogP contribution in [0.3, 0.4) is 0 Å². The lowest BCUT2D eigenvalue weighted by molar-refractivity contribution is -0.133. The van der Waals surface area contributed by atoms with E-state index in [0.717, 1.165) is 16.7 Å². The van der Waals surface area contributed by atoms with Gasteiger partial charge in [0.1, 0.15) is 18.7 Å². The van der Waals surface area contributed by atoms with E-state index in [1.165, 1.54) is 13.8 Å². The van der Waals surface area contributed by atoms with Crippen LogP contribution in [0.25, 0.3) is 11.1 Å². The highest BCUT2D eigenvalue weighted by Crippen LogP contribution is 2.19. The highest BCUT2D eigenvalue weighted by molar-refractivity contribution is 5.93. The summed E-state index contributed by atoms with van der Waals surface area (Å²) in [6.07, 6.45) is -1.06. The fourth-order valence-corrected chi connectivity index (χ4v) is 2.84. The van der Waals surface area contributed by atoms with Crippen LogP contribution in [0.5, 0.6) is 0 Å². The van der Waals surface area contributed by atoms with E-state index in [0.29, 0.717) is 0 Å². The third kappa shape index (κ3) is 6.51. The zero-order valence-electron chi connectivity index (χ0n) is 16.5. The SMILES string of the molecule is C[C@H](NC(=O)Cc1ccc(-c2ccccc2)cc1)C(=O)N[C@H](C(=O)CO)[C@@H](C)O. The summed E-state index contributed by atoms with van der Waals surface area (Å²) in [6, 6.07) is 15.3. The molecular formula is C22H26N2O5. The van der Waals surface area contributed by atoms with Gasteiger partial charge in [0.15, 0.2) is 5.78 Å². The van der Waals surface area contributed by atoms with Crippen LogP contribution in [-0.2, 0) is 20.8 Å². The molecule has 2 aromatic rings. The van der Waals surface area contributed by atoms with E-state index >= 15 is 0 Å².